The summed E-state index contributed by atoms with van der Waals surface area (Å²) in [7, 11) is -3.25. The fourth-order valence-electron chi connectivity index (χ4n) is 2.51. The van der Waals surface area contributed by atoms with E-state index < -0.39 is 10.0 Å². The molecule has 0 spiro atoms. The third kappa shape index (κ3) is 4.86. The molecule has 1 saturated carbocycles. The van der Waals surface area contributed by atoms with Crippen LogP contribution < -0.4 is 4.72 Å². The predicted octanol–water partition coefficient (Wildman–Crippen LogP) is 1.88. The highest BCUT2D eigenvalue weighted by molar-refractivity contribution is 7.89. The lowest BCUT2D eigenvalue weighted by Gasteiger charge is -2.09. The number of nitrogens with zero attached hydrogens (tertiary/aromatic N) is 2. The first-order valence-electron chi connectivity index (χ1n) is 7.23. The molecule has 1 heterocycles. The van der Waals surface area contributed by atoms with Crippen LogP contribution >= 0.6 is 0 Å². The SMILES string of the molecule is CC(C)Cc1nc(CNS(=O)(=O)CC2CCCC2)no1. The molecule has 0 saturated heterocycles. The standard InChI is InChI=1S/C13H23N3O3S/c1-10(2)7-13-15-12(16-19-13)8-14-20(17,18)9-11-5-3-4-6-11/h10-11,14H,3-9H2,1-2H3. The molecule has 1 aromatic heterocycles. The number of rotatable bonds is 7. The summed E-state index contributed by atoms with van der Waals surface area (Å²) in [6, 6.07) is 0. The highest BCUT2D eigenvalue weighted by Crippen LogP contribution is 2.25. The van der Waals surface area contributed by atoms with Crippen molar-refractivity contribution in [1.29, 1.82) is 0 Å². The van der Waals surface area contributed by atoms with Gasteiger partial charge in [0.25, 0.3) is 0 Å². The van der Waals surface area contributed by atoms with Crippen LogP contribution in [0.15, 0.2) is 4.52 Å². The normalized spacial score (nSPS) is 17.1. The van der Waals surface area contributed by atoms with Gasteiger partial charge < -0.3 is 4.52 Å². The van der Waals surface area contributed by atoms with Gasteiger partial charge in [0.2, 0.25) is 15.9 Å². The third-order valence-electron chi connectivity index (χ3n) is 3.47. The van der Waals surface area contributed by atoms with Crippen LogP contribution in [-0.4, -0.2) is 24.3 Å². The highest BCUT2D eigenvalue weighted by Gasteiger charge is 2.22. The van der Waals surface area contributed by atoms with Gasteiger partial charge >= 0.3 is 0 Å². The molecule has 20 heavy (non-hydrogen) atoms. The Morgan fingerprint density at radius 2 is 2.05 bits per heavy atom. The van der Waals surface area contributed by atoms with Crippen LogP contribution in [0, 0.1) is 11.8 Å². The van der Waals surface area contributed by atoms with Crippen LogP contribution in [0.3, 0.4) is 0 Å². The van der Waals surface area contributed by atoms with Crippen LogP contribution in [0.2, 0.25) is 0 Å². The Morgan fingerprint density at radius 3 is 2.70 bits per heavy atom. The van der Waals surface area contributed by atoms with E-state index in [1.807, 2.05) is 0 Å². The molecule has 1 aliphatic rings. The lowest BCUT2D eigenvalue weighted by Crippen LogP contribution is -2.29. The van der Waals surface area contributed by atoms with Crippen LogP contribution in [0.4, 0.5) is 0 Å². The number of hydrogen-bond donors (Lipinski definition) is 1. The molecule has 0 unspecified atom stereocenters. The van der Waals surface area contributed by atoms with Gasteiger partial charge in [-0.3, -0.25) is 0 Å². The second kappa shape index (κ2) is 6.67. The molecule has 114 valence electrons. The van der Waals surface area contributed by atoms with E-state index in [9.17, 15) is 8.42 Å². The van der Waals surface area contributed by atoms with Crippen molar-refractivity contribution in [1.82, 2.24) is 14.9 Å². The van der Waals surface area contributed by atoms with Gasteiger partial charge in [0.05, 0.1) is 12.3 Å². The van der Waals surface area contributed by atoms with E-state index in [0.717, 1.165) is 25.7 Å². The van der Waals surface area contributed by atoms with Gasteiger partial charge in [-0.15, -0.1) is 0 Å². The Morgan fingerprint density at radius 1 is 1.35 bits per heavy atom. The molecule has 6 nitrogen and oxygen atoms in total. The largest absolute Gasteiger partial charge is 0.339 e. The Bertz CT molecular complexity index is 519. The summed E-state index contributed by atoms with van der Waals surface area (Å²) in [4.78, 5) is 4.18. The summed E-state index contributed by atoms with van der Waals surface area (Å²) in [5.41, 5.74) is 0. The van der Waals surface area contributed by atoms with Gasteiger partial charge in [0, 0.05) is 6.42 Å². The molecule has 1 N–H and O–H groups in total. The Hall–Kier alpha value is -0.950. The minimum Gasteiger partial charge on any atom is -0.339 e. The third-order valence-corrected chi connectivity index (χ3v) is 4.97. The zero-order chi connectivity index (χ0) is 14.6. The first-order chi connectivity index (χ1) is 9.44. The van der Waals surface area contributed by atoms with Crippen molar-refractivity contribution in [2.45, 2.75) is 52.5 Å². The van der Waals surface area contributed by atoms with Crippen molar-refractivity contribution in [3.8, 4) is 0 Å². The molecule has 1 aliphatic carbocycles. The Kier molecular flexibility index (Phi) is 5.15. The van der Waals surface area contributed by atoms with Gasteiger partial charge in [-0.05, 0) is 24.7 Å². The van der Waals surface area contributed by atoms with Crippen LogP contribution in [0.5, 0.6) is 0 Å². The van der Waals surface area contributed by atoms with Gasteiger partial charge in [-0.1, -0.05) is 31.8 Å². The minimum atomic E-state index is -3.25. The number of aromatic nitrogens is 2. The first-order valence-corrected chi connectivity index (χ1v) is 8.88. The van der Waals surface area contributed by atoms with Gasteiger partial charge in [0.15, 0.2) is 5.82 Å². The van der Waals surface area contributed by atoms with Crippen molar-refractivity contribution in [3.05, 3.63) is 11.7 Å². The summed E-state index contributed by atoms with van der Waals surface area (Å²) in [6.07, 6.45) is 5.03. The maximum Gasteiger partial charge on any atom is 0.226 e. The van der Waals surface area contributed by atoms with Crippen molar-refractivity contribution < 1.29 is 12.9 Å². The van der Waals surface area contributed by atoms with Gasteiger partial charge in [0.1, 0.15) is 0 Å². The molecule has 1 aromatic rings. The second-order valence-electron chi connectivity index (χ2n) is 5.96. The average Bonchev–Trinajstić information content (AvgIpc) is 2.97. The maximum absolute atomic E-state index is 11.9. The topological polar surface area (TPSA) is 85.1 Å². The Balaban J connectivity index is 1.82. The smallest absolute Gasteiger partial charge is 0.226 e. The molecular weight excluding hydrogens is 278 g/mol. The molecule has 0 bridgehead atoms. The van der Waals surface area contributed by atoms with E-state index >= 15 is 0 Å². The number of hydrogen-bond acceptors (Lipinski definition) is 5. The molecule has 0 aromatic carbocycles. The monoisotopic (exact) mass is 301 g/mol. The van der Waals surface area contributed by atoms with Crippen molar-refractivity contribution in [3.63, 3.8) is 0 Å². The maximum atomic E-state index is 11.9. The molecule has 0 atom stereocenters. The van der Waals surface area contributed by atoms with E-state index in [-0.39, 0.29) is 12.3 Å². The molecular formula is C13H23N3O3S. The van der Waals surface area contributed by atoms with Gasteiger partial charge in [-0.2, -0.15) is 4.98 Å². The lowest BCUT2D eigenvalue weighted by atomic mass is 10.1. The second-order valence-corrected chi connectivity index (χ2v) is 7.81. The van der Waals surface area contributed by atoms with E-state index in [1.54, 1.807) is 0 Å². The number of sulfonamides is 1. The van der Waals surface area contributed by atoms with Crippen molar-refractivity contribution in [2.75, 3.05) is 5.75 Å². The van der Waals surface area contributed by atoms with E-state index in [1.165, 1.54) is 0 Å². The molecule has 2 rings (SSSR count). The first kappa shape index (κ1) is 15.4. The average molecular weight is 301 g/mol. The number of nitrogens with one attached hydrogen (secondary N) is 1. The Labute approximate surface area is 120 Å². The summed E-state index contributed by atoms with van der Waals surface area (Å²) in [5.74, 6) is 1.90. The summed E-state index contributed by atoms with van der Waals surface area (Å²) < 4.78 is 31.5. The van der Waals surface area contributed by atoms with Crippen molar-refractivity contribution >= 4 is 10.0 Å². The summed E-state index contributed by atoms with van der Waals surface area (Å²) in [6.45, 7) is 4.24. The zero-order valence-corrected chi connectivity index (χ0v) is 12.9. The van der Waals surface area contributed by atoms with E-state index in [2.05, 4.69) is 28.7 Å². The summed E-state index contributed by atoms with van der Waals surface area (Å²) >= 11 is 0. The van der Waals surface area contributed by atoms with Crippen molar-refractivity contribution in [2.24, 2.45) is 11.8 Å². The molecule has 0 amide bonds. The van der Waals surface area contributed by atoms with E-state index in [0.29, 0.717) is 30.0 Å². The molecule has 7 heteroatoms. The zero-order valence-electron chi connectivity index (χ0n) is 12.1. The van der Waals surface area contributed by atoms with E-state index in [4.69, 9.17) is 4.52 Å². The minimum absolute atomic E-state index is 0.108. The van der Waals surface area contributed by atoms with Crippen LogP contribution in [0.1, 0.15) is 51.2 Å². The summed E-state index contributed by atoms with van der Waals surface area (Å²) in [5, 5.41) is 3.79. The molecule has 0 aliphatic heterocycles. The fourth-order valence-corrected chi connectivity index (χ4v) is 3.94. The van der Waals surface area contributed by atoms with Crippen LogP contribution in [0.25, 0.3) is 0 Å². The highest BCUT2D eigenvalue weighted by atomic mass is 32.2. The molecule has 0 radical (unpaired) electrons. The molecule has 1 fully saturated rings. The quantitative estimate of drug-likeness (QED) is 0.831. The van der Waals surface area contributed by atoms with Gasteiger partial charge in [-0.25, -0.2) is 13.1 Å². The fraction of sp³-hybridized carbons (Fsp3) is 0.846. The lowest BCUT2D eigenvalue weighted by molar-refractivity contribution is 0.358. The predicted molar refractivity (Wildman–Crippen MR) is 75.4 cm³/mol. The van der Waals surface area contributed by atoms with Crippen LogP contribution in [-0.2, 0) is 23.0 Å².